The van der Waals surface area contributed by atoms with Gasteiger partial charge in [0.15, 0.2) is 0 Å². The highest BCUT2D eigenvalue weighted by atomic mass is 35.5. The first-order valence-corrected chi connectivity index (χ1v) is 9.57. The van der Waals surface area contributed by atoms with Crippen LogP contribution >= 0.6 is 11.6 Å². The van der Waals surface area contributed by atoms with Gasteiger partial charge in [-0.25, -0.2) is 0 Å². The van der Waals surface area contributed by atoms with Crippen molar-refractivity contribution in [1.29, 1.82) is 0 Å². The monoisotopic (exact) mass is 378 g/mol. The molecular formula is C24H23ClO2. The Morgan fingerprint density at radius 3 is 2.04 bits per heavy atom. The number of aliphatic hydroxyl groups excluding tert-OH is 1. The van der Waals surface area contributed by atoms with Gasteiger partial charge in [0.2, 0.25) is 0 Å². The average molecular weight is 379 g/mol. The van der Waals surface area contributed by atoms with Gasteiger partial charge in [-0.15, -0.1) is 11.6 Å². The highest BCUT2D eigenvalue weighted by Gasteiger charge is 2.20. The van der Waals surface area contributed by atoms with Gasteiger partial charge in [-0.2, -0.15) is 0 Å². The molecule has 0 aliphatic rings. The molecular weight excluding hydrogens is 356 g/mol. The predicted molar refractivity (Wildman–Crippen MR) is 112 cm³/mol. The summed E-state index contributed by atoms with van der Waals surface area (Å²) in [5.41, 5.74) is 4.72. The number of hydrogen-bond acceptors (Lipinski definition) is 2. The molecule has 0 aliphatic carbocycles. The van der Waals surface area contributed by atoms with E-state index in [1.165, 1.54) is 11.1 Å². The number of allylic oxidation sites excluding steroid dienone is 2. The van der Waals surface area contributed by atoms with Crippen LogP contribution in [-0.4, -0.2) is 24.2 Å². The number of hydrogen-bond donors (Lipinski definition) is 1. The molecule has 1 N–H and O–H groups in total. The molecule has 0 spiro atoms. The third-order valence-electron chi connectivity index (χ3n) is 4.42. The first kappa shape index (κ1) is 19.2. The summed E-state index contributed by atoms with van der Waals surface area (Å²) >= 11 is 6.13. The van der Waals surface area contributed by atoms with Crippen LogP contribution in [-0.2, 0) is 0 Å². The number of aliphatic hydroxyl groups is 1. The summed E-state index contributed by atoms with van der Waals surface area (Å²) in [6, 6.07) is 28.8. The van der Waals surface area contributed by atoms with Crippen molar-refractivity contribution < 1.29 is 9.84 Å². The lowest BCUT2D eigenvalue weighted by Gasteiger charge is -2.23. The van der Waals surface area contributed by atoms with Gasteiger partial charge in [0.25, 0.3) is 0 Å². The van der Waals surface area contributed by atoms with Crippen molar-refractivity contribution in [3.63, 3.8) is 0 Å². The summed E-state index contributed by atoms with van der Waals surface area (Å²) in [4.78, 5) is 0. The van der Waals surface area contributed by atoms with Crippen molar-refractivity contribution >= 4 is 17.2 Å². The molecule has 0 heterocycles. The van der Waals surface area contributed by atoms with Crippen LogP contribution in [0.4, 0.5) is 0 Å². The van der Waals surface area contributed by atoms with Crippen LogP contribution in [0.2, 0.25) is 0 Å². The van der Waals surface area contributed by atoms with Crippen LogP contribution in [0.1, 0.15) is 22.6 Å². The number of rotatable bonds is 8. The molecule has 0 saturated heterocycles. The molecule has 3 heteroatoms. The lowest BCUT2D eigenvalue weighted by Crippen LogP contribution is -2.06. The summed E-state index contributed by atoms with van der Waals surface area (Å²) < 4.78 is 5.50. The molecule has 1 unspecified atom stereocenters. The summed E-state index contributed by atoms with van der Waals surface area (Å²) in [5, 5.41) is 8.93. The Kier molecular flexibility index (Phi) is 7.09. The minimum absolute atomic E-state index is 0.00497. The number of ether oxygens (including phenoxy) is 1. The molecule has 3 rings (SSSR count). The van der Waals surface area contributed by atoms with E-state index in [0.717, 1.165) is 16.9 Å². The Morgan fingerprint density at radius 1 is 0.852 bits per heavy atom. The van der Waals surface area contributed by atoms with E-state index in [1.54, 1.807) is 0 Å². The SMILES string of the molecule is OCCOc1ccc(C(C(=CCCl)c2ccccc2)c2ccccc2)cc1. The van der Waals surface area contributed by atoms with E-state index in [1.807, 2.05) is 36.4 Å². The molecule has 2 nitrogen and oxygen atoms in total. The molecule has 3 aromatic rings. The molecule has 3 aromatic carbocycles. The van der Waals surface area contributed by atoms with E-state index in [9.17, 15) is 0 Å². The Bertz CT molecular complexity index is 843. The average Bonchev–Trinajstić information content (AvgIpc) is 2.74. The van der Waals surface area contributed by atoms with Gasteiger partial charge in [-0.3, -0.25) is 0 Å². The quantitative estimate of drug-likeness (QED) is 0.523. The third kappa shape index (κ3) is 5.00. The van der Waals surface area contributed by atoms with E-state index in [0.29, 0.717) is 12.5 Å². The molecule has 138 valence electrons. The molecule has 0 saturated carbocycles. The number of halogens is 1. The highest BCUT2D eigenvalue weighted by molar-refractivity contribution is 6.19. The van der Waals surface area contributed by atoms with Crippen LogP contribution in [0, 0.1) is 0 Å². The highest BCUT2D eigenvalue weighted by Crippen LogP contribution is 2.38. The largest absolute Gasteiger partial charge is 0.491 e. The zero-order valence-corrected chi connectivity index (χ0v) is 15.8. The summed E-state index contributed by atoms with van der Waals surface area (Å²) in [7, 11) is 0. The van der Waals surface area contributed by atoms with Crippen LogP contribution < -0.4 is 4.74 Å². The Balaban J connectivity index is 2.05. The standard InChI is InChI=1S/C24H23ClO2/c25-16-15-23(19-7-3-1-4-8-19)24(20-9-5-2-6-10-20)21-11-13-22(14-12-21)27-18-17-26/h1-15,24,26H,16-18H2. The molecule has 0 aliphatic heterocycles. The maximum absolute atomic E-state index is 8.93. The molecule has 1 atom stereocenters. The molecule has 0 amide bonds. The van der Waals surface area contributed by atoms with E-state index < -0.39 is 0 Å². The van der Waals surface area contributed by atoms with Crippen LogP contribution in [0.25, 0.3) is 5.57 Å². The Labute approximate surface area is 165 Å². The van der Waals surface area contributed by atoms with Gasteiger partial charge in [-0.05, 0) is 34.4 Å². The second-order valence-electron chi connectivity index (χ2n) is 6.16. The first-order chi connectivity index (χ1) is 13.3. The Hall–Kier alpha value is -2.55. The second kappa shape index (κ2) is 9.96. The fraction of sp³-hybridized carbons (Fsp3) is 0.167. The Morgan fingerprint density at radius 2 is 1.44 bits per heavy atom. The normalized spacial score (nSPS) is 12.6. The first-order valence-electron chi connectivity index (χ1n) is 9.03. The van der Waals surface area contributed by atoms with E-state index in [-0.39, 0.29) is 12.5 Å². The van der Waals surface area contributed by atoms with Crippen LogP contribution in [0.5, 0.6) is 5.75 Å². The maximum atomic E-state index is 8.93. The third-order valence-corrected chi connectivity index (χ3v) is 4.58. The zero-order valence-electron chi connectivity index (χ0n) is 15.1. The van der Waals surface area contributed by atoms with Gasteiger partial charge in [0.05, 0.1) is 6.61 Å². The van der Waals surface area contributed by atoms with Crippen molar-refractivity contribution in [2.24, 2.45) is 0 Å². The molecule has 0 aromatic heterocycles. The maximum Gasteiger partial charge on any atom is 0.119 e. The van der Waals surface area contributed by atoms with Gasteiger partial charge in [0, 0.05) is 11.8 Å². The van der Waals surface area contributed by atoms with Crippen molar-refractivity contribution in [3.8, 4) is 5.75 Å². The summed E-state index contributed by atoms with van der Waals surface area (Å²) in [6.07, 6.45) is 2.09. The molecule has 0 radical (unpaired) electrons. The van der Waals surface area contributed by atoms with Crippen LogP contribution in [0.3, 0.4) is 0 Å². The molecule has 0 fully saturated rings. The van der Waals surface area contributed by atoms with E-state index >= 15 is 0 Å². The van der Waals surface area contributed by atoms with Crippen molar-refractivity contribution in [1.82, 2.24) is 0 Å². The number of benzene rings is 3. The van der Waals surface area contributed by atoms with Gasteiger partial charge in [0.1, 0.15) is 12.4 Å². The van der Waals surface area contributed by atoms with Crippen molar-refractivity contribution in [3.05, 3.63) is 108 Å². The van der Waals surface area contributed by atoms with Crippen LogP contribution in [0.15, 0.2) is 91.0 Å². The summed E-state index contributed by atoms with van der Waals surface area (Å²) in [6.45, 7) is 0.299. The molecule has 0 bridgehead atoms. The van der Waals surface area contributed by atoms with E-state index in [2.05, 4.69) is 54.6 Å². The lowest BCUT2D eigenvalue weighted by atomic mass is 9.81. The minimum Gasteiger partial charge on any atom is -0.491 e. The van der Waals surface area contributed by atoms with Gasteiger partial charge < -0.3 is 9.84 Å². The smallest absolute Gasteiger partial charge is 0.119 e. The zero-order chi connectivity index (χ0) is 18.9. The second-order valence-corrected chi connectivity index (χ2v) is 6.47. The fourth-order valence-electron chi connectivity index (χ4n) is 3.23. The summed E-state index contributed by atoms with van der Waals surface area (Å²) in [5.74, 6) is 1.27. The fourth-order valence-corrected chi connectivity index (χ4v) is 3.40. The van der Waals surface area contributed by atoms with E-state index in [4.69, 9.17) is 21.4 Å². The number of alkyl halides is 1. The van der Waals surface area contributed by atoms with Crippen molar-refractivity contribution in [2.75, 3.05) is 19.1 Å². The van der Waals surface area contributed by atoms with Gasteiger partial charge >= 0.3 is 0 Å². The molecule has 27 heavy (non-hydrogen) atoms. The minimum atomic E-state index is 0.00497. The van der Waals surface area contributed by atoms with Crippen molar-refractivity contribution in [2.45, 2.75) is 5.92 Å². The predicted octanol–water partition coefficient (Wildman–Crippen LogP) is 5.51. The lowest BCUT2D eigenvalue weighted by molar-refractivity contribution is 0.201. The van der Waals surface area contributed by atoms with Gasteiger partial charge in [-0.1, -0.05) is 78.9 Å². The topological polar surface area (TPSA) is 29.5 Å².